The molecule has 2 aromatic rings. The lowest BCUT2D eigenvalue weighted by Crippen LogP contribution is -2.37. The summed E-state index contributed by atoms with van der Waals surface area (Å²) in [6.07, 6.45) is 7.77. The first-order chi connectivity index (χ1) is 13.9. The van der Waals surface area contributed by atoms with Crippen LogP contribution in [0, 0.1) is 13.8 Å². The molecule has 0 radical (unpaired) electrons. The minimum absolute atomic E-state index is 0.178. The highest BCUT2D eigenvalue weighted by atomic mass is 35.5. The summed E-state index contributed by atoms with van der Waals surface area (Å²) in [7, 11) is 0. The first-order valence-electron chi connectivity index (χ1n) is 10.4. The maximum Gasteiger partial charge on any atom is 0.253 e. The molecule has 6 heteroatoms. The van der Waals surface area contributed by atoms with Crippen molar-refractivity contribution in [1.29, 1.82) is 0 Å². The fourth-order valence-corrected chi connectivity index (χ4v) is 4.52. The lowest BCUT2D eigenvalue weighted by molar-refractivity contribution is 0.0950. The van der Waals surface area contributed by atoms with Gasteiger partial charge in [-0.2, -0.15) is 0 Å². The second-order valence-electron chi connectivity index (χ2n) is 7.83. The molecule has 0 aliphatic heterocycles. The SMILES string of the molecule is CCN(c1cc(Cl)cc(C(=O)NCc2c(C)cc[nH]c2=O)c1C)C1CCCCC1. The third-order valence-corrected chi connectivity index (χ3v) is 6.20. The fraction of sp³-hybridized carbons (Fsp3) is 0.478. The van der Waals surface area contributed by atoms with E-state index < -0.39 is 0 Å². The average molecular weight is 416 g/mol. The zero-order chi connectivity index (χ0) is 21.0. The number of rotatable bonds is 6. The zero-order valence-corrected chi connectivity index (χ0v) is 18.2. The summed E-state index contributed by atoms with van der Waals surface area (Å²) in [6, 6.07) is 6.01. The van der Waals surface area contributed by atoms with Crippen molar-refractivity contribution in [2.24, 2.45) is 0 Å². The number of benzene rings is 1. The number of hydrogen-bond acceptors (Lipinski definition) is 3. The molecule has 1 fully saturated rings. The van der Waals surface area contributed by atoms with Gasteiger partial charge in [0.1, 0.15) is 0 Å². The number of hydrogen-bond donors (Lipinski definition) is 2. The van der Waals surface area contributed by atoms with Crippen LogP contribution in [0.4, 0.5) is 5.69 Å². The van der Waals surface area contributed by atoms with Crippen molar-refractivity contribution >= 4 is 23.2 Å². The van der Waals surface area contributed by atoms with Crippen LogP contribution < -0.4 is 15.8 Å². The van der Waals surface area contributed by atoms with Crippen LogP contribution in [0.15, 0.2) is 29.2 Å². The van der Waals surface area contributed by atoms with Gasteiger partial charge in [0.15, 0.2) is 0 Å². The van der Waals surface area contributed by atoms with Gasteiger partial charge in [-0.25, -0.2) is 0 Å². The molecular formula is C23H30ClN3O2. The molecule has 0 saturated heterocycles. The summed E-state index contributed by atoms with van der Waals surface area (Å²) in [4.78, 5) is 30.0. The molecule has 1 saturated carbocycles. The van der Waals surface area contributed by atoms with Crippen LogP contribution in [-0.4, -0.2) is 23.5 Å². The Hall–Kier alpha value is -2.27. The number of amides is 1. The number of nitrogens with one attached hydrogen (secondary N) is 2. The van der Waals surface area contributed by atoms with Crippen molar-refractivity contribution in [3.63, 3.8) is 0 Å². The van der Waals surface area contributed by atoms with E-state index >= 15 is 0 Å². The largest absolute Gasteiger partial charge is 0.369 e. The topological polar surface area (TPSA) is 65.2 Å². The molecule has 0 atom stereocenters. The third-order valence-electron chi connectivity index (χ3n) is 5.98. The summed E-state index contributed by atoms with van der Waals surface area (Å²) in [5.41, 5.74) is 3.77. The van der Waals surface area contributed by atoms with Gasteiger partial charge in [-0.3, -0.25) is 9.59 Å². The normalized spacial score (nSPS) is 14.6. The number of aromatic amines is 1. The minimum atomic E-state index is -0.214. The van der Waals surface area contributed by atoms with Gasteiger partial charge in [0.2, 0.25) is 0 Å². The maximum absolute atomic E-state index is 13.0. The smallest absolute Gasteiger partial charge is 0.253 e. The molecule has 2 N–H and O–H groups in total. The van der Waals surface area contributed by atoms with Gasteiger partial charge in [0.05, 0.1) is 0 Å². The van der Waals surface area contributed by atoms with Gasteiger partial charge in [-0.05, 0) is 62.9 Å². The number of pyridine rings is 1. The molecule has 1 aromatic carbocycles. The molecular weight excluding hydrogens is 386 g/mol. The molecule has 3 rings (SSSR count). The van der Waals surface area contributed by atoms with Crippen molar-refractivity contribution in [2.45, 2.75) is 65.5 Å². The summed E-state index contributed by atoms with van der Waals surface area (Å²) < 4.78 is 0. The molecule has 1 amide bonds. The van der Waals surface area contributed by atoms with Crippen LogP contribution in [0.5, 0.6) is 0 Å². The van der Waals surface area contributed by atoms with Gasteiger partial charge in [0.25, 0.3) is 11.5 Å². The van der Waals surface area contributed by atoms with Gasteiger partial charge in [-0.15, -0.1) is 0 Å². The first kappa shape index (κ1) is 21.4. The van der Waals surface area contributed by atoms with Crippen molar-refractivity contribution in [3.8, 4) is 0 Å². The molecule has 156 valence electrons. The predicted molar refractivity (Wildman–Crippen MR) is 119 cm³/mol. The van der Waals surface area contributed by atoms with Gasteiger partial charge in [-0.1, -0.05) is 30.9 Å². The lowest BCUT2D eigenvalue weighted by atomic mass is 9.93. The van der Waals surface area contributed by atoms with Crippen LogP contribution in [-0.2, 0) is 6.54 Å². The number of H-pyrrole nitrogens is 1. The number of aromatic nitrogens is 1. The van der Waals surface area contributed by atoms with E-state index in [2.05, 4.69) is 22.1 Å². The number of carbonyl (C=O) groups is 1. The molecule has 1 heterocycles. The van der Waals surface area contributed by atoms with Crippen molar-refractivity contribution in [3.05, 3.63) is 62.0 Å². The molecule has 29 heavy (non-hydrogen) atoms. The standard InChI is InChI=1S/C23H30ClN3O2/c1-4-27(18-8-6-5-7-9-18)21-13-17(24)12-19(16(21)3)22(28)26-14-20-15(2)10-11-25-23(20)29/h10-13,18H,4-9,14H2,1-3H3,(H,25,29)(H,26,28). The van der Waals surface area contributed by atoms with Crippen LogP contribution in [0.2, 0.25) is 5.02 Å². The fourth-order valence-electron chi connectivity index (χ4n) is 4.31. The van der Waals surface area contributed by atoms with E-state index in [0.717, 1.165) is 23.4 Å². The molecule has 1 aliphatic carbocycles. The summed E-state index contributed by atoms with van der Waals surface area (Å²) in [5, 5.41) is 3.45. The zero-order valence-electron chi connectivity index (χ0n) is 17.5. The highest BCUT2D eigenvalue weighted by Gasteiger charge is 2.24. The number of halogens is 1. The van der Waals surface area contributed by atoms with Crippen LogP contribution in [0.25, 0.3) is 0 Å². The lowest BCUT2D eigenvalue weighted by Gasteiger charge is -2.36. The second-order valence-corrected chi connectivity index (χ2v) is 8.26. The quantitative estimate of drug-likeness (QED) is 0.716. The van der Waals surface area contributed by atoms with E-state index in [4.69, 9.17) is 11.6 Å². The summed E-state index contributed by atoms with van der Waals surface area (Å²) in [5.74, 6) is -0.214. The van der Waals surface area contributed by atoms with Crippen molar-refractivity contribution in [2.75, 3.05) is 11.4 Å². The summed E-state index contributed by atoms with van der Waals surface area (Å²) in [6.45, 7) is 7.06. The van der Waals surface area contributed by atoms with E-state index in [9.17, 15) is 9.59 Å². The van der Waals surface area contributed by atoms with Crippen molar-refractivity contribution < 1.29 is 4.79 Å². The van der Waals surface area contributed by atoms with Gasteiger partial charge >= 0.3 is 0 Å². The molecule has 0 bridgehead atoms. The summed E-state index contributed by atoms with van der Waals surface area (Å²) >= 11 is 6.41. The Labute approximate surface area is 177 Å². The third kappa shape index (κ3) is 4.84. The van der Waals surface area contributed by atoms with Crippen molar-refractivity contribution in [1.82, 2.24) is 10.3 Å². The van der Waals surface area contributed by atoms with E-state index in [1.807, 2.05) is 26.0 Å². The molecule has 1 aromatic heterocycles. The average Bonchev–Trinajstić information content (AvgIpc) is 2.71. The Morgan fingerprint density at radius 3 is 2.62 bits per heavy atom. The maximum atomic E-state index is 13.0. The number of anilines is 1. The van der Waals surface area contributed by atoms with Crippen LogP contribution >= 0.6 is 11.6 Å². The molecule has 0 spiro atoms. The first-order valence-corrected chi connectivity index (χ1v) is 10.8. The highest BCUT2D eigenvalue weighted by Crippen LogP contribution is 2.33. The Morgan fingerprint density at radius 2 is 1.97 bits per heavy atom. The van der Waals surface area contributed by atoms with Gasteiger partial charge < -0.3 is 15.2 Å². The van der Waals surface area contributed by atoms with Crippen LogP contribution in [0.1, 0.15) is 66.1 Å². The van der Waals surface area contributed by atoms with E-state index in [-0.39, 0.29) is 18.0 Å². The van der Waals surface area contributed by atoms with E-state index in [1.165, 1.54) is 32.1 Å². The van der Waals surface area contributed by atoms with Crippen LogP contribution in [0.3, 0.4) is 0 Å². The number of aryl methyl sites for hydroxylation is 1. The highest BCUT2D eigenvalue weighted by molar-refractivity contribution is 6.31. The predicted octanol–water partition coefficient (Wildman–Crippen LogP) is 4.73. The minimum Gasteiger partial charge on any atom is -0.369 e. The second kappa shape index (κ2) is 9.49. The number of carbonyl (C=O) groups excluding carboxylic acids is 1. The molecule has 0 unspecified atom stereocenters. The van der Waals surface area contributed by atoms with Gasteiger partial charge in [0, 0.05) is 47.2 Å². The Kier molecular flexibility index (Phi) is 7.01. The Balaban J connectivity index is 1.85. The Morgan fingerprint density at radius 1 is 1.24 bits per heavy atom. The monoisotopic (exact) mass is 415 g/mol. The van der Waals surface area contributed by atoms with E-state index in [0.29, 0.717) is 22.2 Å². The molecule has 1 aliphatic rings. The van der Waals surface area contributed by atoms with E-state index in [1.54, 1.807) is 12.3 Å². The Bertz CT molecular complexity index is 932. The molecule has 5 nitrogen and oxygen atoms in total. The number of nitrogens with zero attached hydrogens (tertiary/aromatic N) is 1.